The summed E-state index contributed by atoms with van der Waals surface area (Å²) in [6.07, 6.45) is 2.58. The predicted octanol–water partition coefficient (Wildman–Crippen LogP) is 2.63. The lowest BCUT2D eigenvalue weighted by Gasteiger charge is -2.08. The molecule has 1 fully saturated rings. The van der Waals surface area contributed by atoms with Crippen molar-refractivity contribution in [2.24, 2.45) is 0 Å². The molecule has 1 saturated carbocycles. The standard InChI is InChI=1S/C16H14ClNO6S/c1-23-16(20)13-12(15(24-18-13)8-3-4-8)14(19)10-6-5-9(17)7-11(10)25(2,21)22/h5-8H,3-4H2,1-2H3. The molecule has 9 heteroatoms. The molecule has 2 aromatic rings. The molecule has 7 nitrogen and oxygen atoms in total. The number of halogens is 1. The van der Waals surface area contributed by atoms with Gasteiger partial charge in [-0.05, 0) is 31.0 Å². The third kappa shape index (κ3) is 3.32. The second-order valence-electron chi connectivity index (χ2n) is 5.78. The first-order valence-electron chi connectivity index (χ1n) is 7.36. The fourth-order valence-electron chi connectivity index (χ4n) is 2.51. The van der Waals surface area contributed by atoms with Gasteiger partial charge in [0.15, 0.2) is 21.4 Å². The van der Waals surface area contributed by atoms with Gasteiger partial charge in [-0.25, -0.2) is 13.2 Å². The van der Waals surface area contributed by atoms with Crippen molar-refractivity contribution in [1.29, 1.82) is 0 Å². The molecule has 0 saturated heterocycles. The number of nitrogens with zero attached hydrogens (tertiary/aromatic N) is 1. The van der Waals surface area contributed by atoms with Gasteiger partial charge in [-0.3, -0.25) is 4.79 Å². The molecule has 0 atom stereocenters. The zero-order chi connectivity index (χ0) is 18.4. The first-order valence-corrected chi connectivity index (χ1v) is 9.63. The second-order valence-corrected chi connectivity index (χ2v) is 8.20. The summed E-state index contributed by atoms with van der Waals surface area (Å²) in [7, 11) is -2.56. The van der Waals surface area contributed by atoms with Crippen LogP contribution in [-0.2, 0) is 14.6 Å². The lowest BCUT2D eigenvalue weighted by molar-refractivity contribution is 0.0586. The van der Waals surface area contributed by atoms with Crippen LogP contribution in [0.15, 0.2) is 27.6 Å². The SMILES string of the molecule is COC(=O)c1noc(C2CC2)c1C(=O)c1ccc(Cl)cc1S(C)(=O)=O. The Kier molecular flexibility index (Phi) is 4.42. The number of carbonyl (C=O) groups excluding carboxylic acids is 2. The van der Waals surface area contributed by atoms with Gasteiger partial charge in [0.1, 0.15) is 5.56 Å². The number of ketones is 1. The zero-order valence-corrected chi connectivity index (χ0v) is 15.0. The molecule has 1 aromatic heterocycles. The molecule has 1 aliphatic rings. The minimum atomic E-state index is -3.72. The largest absolute Gasteiger partial charge is 0.464 e. The Bertz CT molecular complexity index is 975. The number of methoxy groups -OCH3 is 1. The number of hydrogen-bond acceptors (Lipinski definition) is 7. The van der Waals surface area contributed by atoms with Crippen LogP contribution in [-0.4, -0.2) is 38.7 Å². The number of hydrogen-bond donors (Lipinski definition) is 0. The maximum absolute atomic E-state index is 13.1. The number of aromatic nitrogens is 1. The molecule has 1 heterocycles. The number of benzene rings is 1. The van der Waals surface area contributed by atoms with Crippen LogP contribution in [0.5, 0.6) is 0 Å². The average molecular weight is 384 g/mol. The molecule has 0 unspecified atom stereocenters. The quantitative estimate of drug-likeness (QED) is 0.577. The predicted molar refractivity (Wildman–Crippen MR) is 87.8 cm³/mol. The Hall–Kier alpha value is -2.19. The summed E-state index contributed by atoms with van der Waals surface area (Å²) in [6.45, 7) is 0. The fraction of sp³-hybridized carbons (Fsp3) is 0.312. The van der Waals surface area contributed by atoms with E-state index < -0.39 is 21.6 Å². The van der Waals surface area contributed by atoms with Crippen molar-refractivity contribution in [2.75, 3.05) is 13.4 Å². The topological polar surface area (TPSA) is 104 Å². The molecule has 25 heavy (non-hydrogen) atoms. The Labute approximate surface area is 148 Å². The Morgan fingerprint density at radius 2 is 2.00 bits per heavy atom. The van der Waals surface area contributed by atoms with E-state index in [9.17, 15) is 18.0 Å². The number of carbonyl (C=O) groups is 2. The number of sulfone groups is 1. The summed E-state index contributed by atoms with van der Waals surface area (Å²) in [6, 6.07) is 3.92. The highest BCUT2D eigenvalue weighted by molar-refractivity contribution is 7.90. The van der Waals surface area contributed by atoms with Gasteiger partial charge >= 0.3 is 5.97 Å². The van der Waals surface area contributed by atoms with Crippen molar-refractivity contribution >= 4 is 33.2 Å². The van der Waals surface area contributed by atoms with Crippen molar-refractivity contribution in [3.63, 3.8) is 0 Å². The van der Waals surface area contributed by atoms with Crippen molar-refractivity contribution in [3.05, 3.63) is 45.8 Å². The van der Waals surface area contributed by atoms with Crippen molar-refractivity contribution in [3.8, 4) is 0 Å². The van der Waals surface area contributed by atoms with Crippen LogP contribution in [0, 0.1) is 0 Å². The summed E-state index contributed by atoms with van der Waals surface area (Å²) in [5.74, 6) is -1.23. The van der Waals surface area contributed by atoms with Crippen LogP contribution < -0.4 is 0 Å². The molecule has 0 aliphatic heterocycles. The maximum atomic E-state index is 13.1. The summed E-state index contributed by atoms with van der Waals surface area (Å²) >= 11 is 5.87. The van der Waals surface area contributed by atoms with E-state index in [1.807, 2.05) is 0 Å². The van der Waals surface area contributed by atoms with Crippen LogP contribution in [0.1, 0.15) is 50.9 Å². The summed E-state index contributed by atoms with van der Waals surface area (Å²) in [5, 5.41) is 3.84. The molecular weight excluding hydrogens is 370 g/mol. The monoisotopic (exact) mass is 383 g/mol. The van der Waals surface area contributed by atoms with Crippen molar-refractivity contribution < 1.29 is 27.3 Å². The fourth-order valence-corrected chi connectivity index (χ4v) is 3.65. The van der Waals surface area contributed by atoms with Crippen molar-refractivity contribution in [2.45, 2.75) is 23.7 Å². The van der Waals surface area contributed by atoms with E-state index in [4.69, 9.17) is 16.1 Å². The van der Waals surface area contributed by atoms with Crippen LogP contribution in [0.4, 0.5) is 0 Å². The van der Waals surface area contributed by atoms with Gasteiger partial charge in [-0.2, -0.15) is 0 Å². The zero-order valence-electron chi connectivity index (χ0n) is 13.4. The summed E-state index contributed by atoms with van der Waals surface area (Å²) in [5.41, 5.74) is -0.410. The van der Waals surface area contributed by atoms with Crippen LogP contribution in [0.3, 0.4) is 0 Å². The van der Waals surface area contributed by atoms with Gasteiger partial charge < -0.3 is 9.26 Å². The van der Waals surface area contributed by atoms with Gasteiger partial charge in [0.25, 0.3) is 0 Å². The van der Waals surface area contributed by atoms with Crippen LogP contribution in [0.2, 0.25) is 5.02 Å². The number of ether oxygens (including phenoxy) is 1. The third-order valence-corrected chi connectivity index (χ3v) is 5.23. The molecule has 3 rings (SSSR count). The van der Waals surface area contributed by atoms with Gasteiger partial charge in [-0.15, -0.1) is 0 Å². The molecule has 132 valence electrons. The molecule has 0 bridgehead atoms. The first kappa shape index (κ1) is 17.6. The van der Waals surface area contributed by atoms with E-state index in [0.29, 0.717) is 0 Å². The Balaban J connectivity index is 2.20. The van der Waals surface area contributed by atoms with Gasteiger partial charge in [-0.1, -0.05) is 16.8 Å². The van der Waals surface area contributed by atoms with E-state index in [-0.39, 0.29) is 38.4 Å². The second kappa shape index (κ2) is 6.27. The number of rotatable bonds is 5. The maximum Gasteiger partial charge on any atom is 0.361 e. The van der Waals surface area contributed by atoms with E-state index in [2.05, 4.69) is 9.89 Å². The Morgan fingerprint density at radius 3 is 2.56 bits per heavy atom. The minimum absolute atomic E-state index is 0.0150. The third-order valence-electron chi connectivity index (χ3n) is 3.86. The van der Waals surface area contributed by atoms with E-state index in [1.54, 1.807) is 0 Å². The molecule has 1 aromatic carbocycles. The lowest BCUT2D eigenvalue weighted by Crippen LogP contribution is -2.14. The van der Waals surface area contributed by atoms with E-state index in [0.717, 1.165) is 26.2 Å². The van der Waals surface area contributed by atoms with Gasteiger partial charge in [0.05, 0.1) is 12.0 Å². The highest BCUT2D eigenvalue weighted by Gasteiger charge is 2.38. The molecule has 0 N–H and O–H groups in total. The Morgan fingerprint density at radius 1 is 1.32 bits per heavy atom. The lowest BCUT2D eigenvalue weighted by atomic mass is 9.99. The average Bonchev–Trinajstić information content (AvgIpc) is 3.31. The van der Waals surface area contributed by atoms with Gasteiger partial charge in [0, 0.05) is 22.8 Å². The summed E-state index contributed by atoms with van der Waals surface area (Å²) < 4.78 is 33.9. The molecule has 0 radical (unpaired) electrons. The smallest absolute Gasteiger partial charge is 0.361 e. The van der Waals surface area contributed by atoms with Gasteiger partial charge in [0.2, 0.25) is 5.69 Å². The molecular formula is C16H14ClNO6S. The number of esters is 1. The van der Waals surface area contributed by atoms with Crippen LogP contribution in [0.25, 0.3) is 0 Å². The molecule has 1 aliphatic carbocycles. The normalized spacial score (nSPS) is 14.4. The highest BCUT2D eigenvalue weighted by Crippen LogP contribution is 2.43. The van der Waals surface area contributed by atoms with E-state index >= 15 is 0 Å². The first-order chi connectivity index (χ1) is 11.7. The molecule has 0 spiro atoms. The van der Waals surface area contributed by atoms with Crippen molar-refractivity contribution in [1.82, 2.24) is 5.16 Å². The van der Waals surface area contributed by atoms with Crippen LogP contribution >= 0.6 is 11.6 Å². The molecule has 0 amide bonds. The van der Waals surface area contributed by atoms with E-state index in [1.165, 1.54) is 18.2 Å². The summed E-state index contributed by atoms with van der Waals surface area (Å²) in [4.78, 5) is 24.8. The minimum Gasteiger partial charge on any atom is -0.464 e. The highest BCUT2D eigenvalue weighted by atomic mass is 35.5.